The number of aromatic carboxylic acids is 1. The maximum absolute atomic E-state index is 11.8. The molecule has 0 aliphatic heterocycles. The predicted octanol–water partition coefficient (Wildman–Crippen LogP) is 1.83. The van der Waals surface area contributed by atoms with Gasteiger partial charge in [-0.2, -0.15) is 0 Å². The number of methoxy groups -OCH3 is 1. The van der Waals surface area contributed by atoms with E-state index in [1.54, 1.807) is 0 Å². The molecule has 1 aromatic heterocycles. The molecule has 1 aliphatic carbocycles. The summed E-state index contributed by atoms with van der Waals surface area (Å²) in [4.78, 5) is 38.8. The summed E-state index contributed by atoms with van der Waals surface area (Å²) in [6, 6.07) is -0.104. The molecule has 0 unspecified atom stereocenters. The lowest BCUT2D eigenvalue weighted by atomic mass is 9.95. The molecule has 1 amide bonds. The fourth-order valence-corrected chi connectivity index (χ4v) is 2.82. The summed E-state index contributed by atoms with van der Waals surface area (Å²) < 4.78 is 6.05. The lowest BCUT2D eigenvalue weighted by Gasteiger charge is -2.25. The Hall–Kier alpha value is -2.38. The highest BCUT2D eigenvalue weighted by Crippen LogP contribution is 2.33. The molecule has 1 fully saturated rings. The van der Waals surface area contributed by atoms with Crippen LogP contribution in [0, 0.1) is 0 Å². The van der Waals surface area contributed by atoms with Gasteiger partial charge in [0.15, 0.2) is 11.4 Å². The van der Waals surface area contributed by atoms with Gasteiger partial charge in [-0.15, -0.1) is 0 Å². The fourth-order valence-electron chi connectivity index (χ4n) is 2.82. The Bertz CT molecular complexity index is 602. The molecule has 1 aliphatic rings. The Morgan fingerprint density at radius 1 is 1.27 bits per heavy atom. The summed E-state index contributed by atoms with van der Waals surface area (Å²) in [7, 11) is 1.16. The number of hydrogen-bond donors (Lipinski definition) is 2. The second-order valence-electron chi connectivity index (χ2n) is 5.27. The third kappa shape index (κ3) is 3.10. The van der Waals surface area contributed by atoms with E-state index in [-0.39, 0.29) is 29.3 Å². The van der Waals surface area contributed by atoms with Crippen LogP contribution in [-0.4, -0.2) is 39.6 Å². The molecule has 0 spiro atoms. The van der Waals surface area contributed by atoms with Gasteiger partial charge in [0.1, 0.15) is 0 Å². The van der Waals surface area contributed by atoms with Crippen molar-refractivity contribution < 1.29 is 24.2 Å². The highest BCUT2D eigenvalue weighted by molar-refractivity contribution is 6.01. The van der Waals surface area contributed by atoms with Gasteiger partial charge in [0.2, 0.25) is 11.9 Å². The first-order valence-electron chi connectivity index (χ1n) is 7.17. The number of carboxylic acids is 1. The second kappa shape index (κ2) is 6.59. The number of amides is 1. The predicted molar refractivity (Wildman–Crippen MR) is 77.0 cm³/mol. The number of nitrogens with one attached hydrogen (secondary N) is 1. The first-order chi connectivity index (χ1) is 10.5. The van der Waals surface area contributed by atoms with Gasteiger partial charge < -0.3 is 14.4 Å². The van der Waals surface area contributed by atoms with E-state index >= 15 is 0 Å². The minimum atomic E-state index is -1.27. The minimum absolute atomic E-state index is 0.0807. The first-order valence-corrected chi connectivity index (χ1v) is 7.17. The van der Waals surface area contributed by atoms with Crippen LogP contribution in [0.15, 0.2) is 0 Å². The SMILES string of the molecule is COC(=O)c1nc(NC(C)=O)n(C2CCCCC2)c1C(=O)O. The van der Waals surface area contributed by atoms with E-state index in [1.165, 1.54) is 11.5 Å². The number of hydrogen-bond acceptors (Lipinski definition) is 5. The van der Waals surface area contributed by atoms with Crippen molar-refractivity contribution >= 4 is 23.8 Å². The van der Waals surface area contributed by atoms with Gasteiger partial charge in [-0.3, -0.25) is 10.1 Å². The number of aromatic nitrogens is 2. The molecule has 8 nitrogen and oxygen atoms in total. The van der Waals surface area contributed by atoms with Gasteiger partial charge in [-0.1, -0.05) is 19.3 Å². The lowest BCUT2D eigenvalue weighted by Crippen LogP contribution is -2.22. The van der Waals surface area contributed by atoms with Gasteiger partial charge in [-0.05, 0) is 12.8 Å². The highest BCUT2D eigenvalue weighted by Gasteiger charge is 2.32. The Morgan fingerprint density at radius 3 is 2.41 bits per heavy atom. The maximum atomic E-state index is 11.8. The van der Waals surface area contributed by atoms with Gasteiger partial charge in [0.25, 0.3) is 0 Å². The van der Waals surface area contributed by atoms with Crippen molar-refractivity contribution in [3.05, 3.63) is 11.4 Å². The molecular weight excluding hydrogens is 290 g/mol. The van der Waals surface area contributed by atoms with Crippen LogP contribution in [0.1, 0.15) is 66.0 Å². The number of carboxylic acid groups (broad SMARTS) is 1. The molecule has 1 saturated carbocycles. The summed E-state index contributed by atoms with van der Waals surface area (Å²) in [5, 5.41) is 12.0. The van der Waals surface area contributed by atoms with Crippen molar-refractivity contribution in [2.45, 2.75) is 45.1 Å². The van der Waals surface area contributed by atoms with Crippen LogP contribution < -0.4 is 5.32 Å². The smallest absolute Gasteiger partial charge is 0.359 e. The molecule has 0 bridgehead atoms. The molecule has 8 heteroatoms. The normalized spacial score (nSPS) is 15.4. The monoisotopic (exact) mass is 309 g/mol. The summed E-state index contributed by atoms with van der Waals surface area (Å²) in [6.07, 6.45) is 4.59. The van der Waals surface area contributed by atoms with Crippen LogP contribution in [0.5, 0.6) is 0 Å². The van der Waals surface area contributed by atoms with E-state index in [4.69, 9.17) is 0 Å². The summed E-state index contributed by atoms with van der Waals surface area (Å²) in [5.74, 6) is -2.40. The second-order valence-corrected chi connectivity index (χ2v) is 5.27. The average molecular weight is 309 g/mol. The number of nitrogens with zero attached hydrogens (tertiary/aromatic N) is 2. The number of carbonyl (C=O) groups excluding carboxylic acids is 2. The van der Waals surface area contributed by atoms with E-state index in [2.05, 4.69) is 15.0 Å². The van der Waals surface area contributed by atoms with E-state index in [9.17, 15) is 19.5 Å². The van der Waals surface area contributed by atoms with Gasteiger partial charge in [-0.25, -0.2) is 14.6 Å². The first kappa shape index (κ1) is 16.0. The van der Waals surface area contributed by atoms with E-state index in [0.29, 0.717) is 0 Å². The summed E-state index contributed by atoms with van der Waals surface area (Å²) in [6.45, 7) is 1.30. The quantitative estimate of drug-likeness (QED) is 0.821. The number of ether oxygens (including phenoxy) is 1. The summed E-state index contributed by atoms with van der Waals surface area (Å²) in [5.41, 5.74) is -0.521. The Morgan fingerprint density at radius 2 is 1.91 bits per heavy atom. The van der Waals surface area contributed by atoms with Crippen LogP contribution in [0.3, 0.4) is 0 Å². The zero-order chi connectivity index (χ0) is 16.3. The Balaban J connectivity index is 2.58. The van der Waals surface area contributed by atoms with Crippen molar-refractivity contribution in [3.63, 3.8) is 0 Å². The molecule has 1 heterocycles. The third-order valence-electron chi connectivity index (χ3n) is 3.72. The van der Waals surface area contributed by atoms with Crippen LogP contribution in [0.25, 0.3) is 0 Å². The fraction of sp³-hybridized carbons (Fsp3) is 0.571. The topological polar surface area (TPSA) is 111 Å². The Labute approximate surface area is 127 Å². The van der Waals surface area contributed by atoms with E-state index in [1.807, 2.05) is 0 Å². The molecule has 0 atom stereocenters. The largest absolute Gasteiger partial charge is 0.476 e. The number of anilines is 1. The molecule has 120 valence electrons. The summed E-state index contributed by atoms with van der Waals surface area (Å²) >= 11 is 0. The van der Waals surface area contributed by atoms with Crippen molar-refractivity contribution in [1.82, 2.24) is 9.55 Å². The average Bonchev–Trinajstić information content (AvgIpc) is 2.86. The van der Waals surface area contributed by atoms with Crippen molar-refractivity contribution in [2.24, 2.45) is 0 Å². The third-order valence-corrected chi connectivity index (χ3v) is 3.72. The molecule has 0 aromatic carbocycles. The van der Waals surface area contributed by atoms with E-state index < -0.39 is 11.9 Å². The highest BCUT2D eigenvalue weighted by atomic mass is 16.5. The zero-order valence-corrected chi connectivity index (χ0v) is 12.6. The standard InChI is InChI=1S/C14H19N3O5/c1-8(18)15-14-16-10(13(21)22-2)11(12(19)20)17(14)9-6-4-3-5-7-9/h9H,3-7H2,1-2H3,(H,19,20)(H,15,16,18). The van der Waals surface area contributed by atoms with Gasteiger partial charge in [0.05, 0.1) is 7.11 Å². The number of carbonyl (C=O) groups is 3. The van der Waals surface area contributed by atoms with E-state index in [0.717, 1.165) is 39.2 Å². The lowest BCUT2D eigenvalue weighted by molar-refractivity contribution is -0.114. The number of rotatable bonds is 4. The zero-order valence-electron chi connectivity index (χ0n) is 12.6. The molecule has 2 rings (SSSR count). The van der Waals surface area contributed by atoms with Gasteiger partial charge >= 0.3 is 11.9 Å². The molecule has 0 radical (unpaired) electrons. The maximum Gasteiger partial charge on any atom is 0.359 e. The molecule has 1 aromatic rings. The number of imidazole rings is 1. The van der Waals surface area contributed by atoms with Crippen LogP contribution >= 0.6 is 0 Å². The van der Waals surface area contributed by atoms with Crippen LogP contribution in [0.2, 0.25) is 0 Å². The molecule has 22 heavy (non-hydrogen) atoms. The van der Waals surface area contributed by atoms with Crippen molar-refractivity contribution in [3.8, 4) is 0 Å². The van der Waals surface area contributed by atoms with Crippen LogP contribution in [0.4, 0.5) is 5.95 Å². The van der Waals surface area contributed by atoms with Crippen molar-refractivity contribution in [2.75, 3.05) is 12.4 Å². The Kier molecular flexibility index (Phi) is 4.79. The minimum Gasteiger partial charge on any atom is -0.476 e. The molecular formula is C14H19N3O5. The number of esters is 1. The molecule has 2 N–H and O–H groups in total. The molecule has 0 saturated heterocycles. The van der Waals surface area contributed by atoms with Crippen LogP contribution in [-0.2, 0) is 9.53 Å². The van der Waals surface area contributed by atoms with Crippen molar-refractivity contribution in [1.29, 1.82) is 0 Å². The van der Waals surface area contributed by atoms with Gasteiger partial charge in [0, 0.05) is 13.0 Å².